The predicted octanol–water partition coefficient (Wildman–Crippen LogP) is -1.22. The number of hydrazine groups is 1. The van der Waals surface area contributed by atoms with Gasteiger partial charge < -0.3 is 10.7 Å². The highest BCUT2D eigenvalue weighted by atomic mass is 16.1. The van der Waals surface area contributed by atoms with Crippen molar-refractivity contribution >= 4 is 11.7 Å². The summed E-state index contributed by atoms with van der Waals surface area (Å²) in [5, 5.41) is 10.1. The van der Waals surface area contributed by atoms with Gasteiger partial charge in [-0.15, -0.1) is 5.10 Å². The smallest absolute Gasteiger partial charge is 0.271 e. The molecule has 0 radical (unpaired) electrons. The fourth-order valence-electron chi connectivity index (χ4n) is 1.25. The third-order valence-electron chi connectivity index (χ3n) is 2.13. The lowest BCUT2D eigenvalue weighted by Crippen LogP contribution is -2.28. The van der Waals surface area contributed by atoms with Crippen molar-refractivity contribution in [3.63, 3.8) is 0 Å². The summed E-state index contributed by atoms with van der Waals surface area (Å²) in [6, 6.07) is 0. The van der Waals surface area contributed by atoms with E-state index in [0.717, 1.165) is 0 Å². The first-order valence-electron chi connectivity index (χ1n) is 5.20. The Balaban J connectivity index is 1.83. The van der Waals surface area contributed by atoms with Crippen molar-refractivity contribution in [2.45, 2.75) is 6.54 Å². The van der Waals surface area contributed by atoms with Gasteiger partial charge in [0, 0.05) is 12.7 Å². The Labute approximate surface area is 102 Å². The second-order valence-corrected chi connectivity index (χ2v) is 3.35. The number of carbonyl (C=O) groups excluding carboxylic acids is 1. The van der Waals surface area contributed by atoms with Gasteiger partial charge >= 0.3 is 0 Å². The number of aromatic nitrogens is 5. The second kappa shape index (κ2) is 5.68. The normalized spacial score (nSPS) is 10.1. The SMILES string of the molecule is NNc1cnc(C(=O)NCCn2ccnn2)cn1. The molecule has 94 valence electrons. The third kappa shape index (κ3) is 2.98. The highest BCUT2D eigenvalue weighted by Gasteiger charge is 2.06. The van der Waals surface area contributed by atoms with Crippen molar-refractivity contribution in [1.29, 1.82) is 0 Å². The van der Waals surface area contributed by atoms with Crippen LogP contribution in [0.4, 0.5) is 5.82 Å². The van der Waals surface area contributed by atoms with E-state index >= 15 is 0 Å². The minimum absolute atomic E-state index is 0.229. The number of hydrogen-bond donors (Lipinski definition) is 3. The lowest BCUT2D eigenvalue weighted by atomic mass is 10.4. The van der Waals surface area contributed by atoms with Crippen LogP contribution >= 0.6 is 0 Å². The van der Waals surface area contributed by atoms with E-state index in [2.05, 4.69) is 31.0 Å². The maximum Gasteiger partial charge on any atom is 0.271 e. The highest BCUT2D eigenvalue weighted by Crippen LogP contribution is 1.98. The molecule has 0 aliphatic heterocycles. The Morgan fingerprint density at radius 2 is 2.28 bits per heavy atom. The standard InChI is InChI=1S/C9H12N8O/c10-15-8-6-12-7(5-13-8)9(18)11-1-3-17-4-2-14-16-17/h2,4-6H,1,3,10H2,(H,11,18)(H,13,15). The lowest BCUT2D eigenvalue weighted by Gasteiger charge is -2.04. The summed E-state index contributed by atoms with van der Waals surface area (Å²) in [6.07, 6.45) is 6.02. The number of nitrogens with two attached hydrogens (primary N) is 1. The molecule has 2 heterocycles. The molecule has 1 amide bonds. The van der Waals surface area contributed by atoms with Gasteiger partial charge in [-0.3, -0.25) is 9.48 Å². The molecule has 0 spiro atoms. The van der Waals surface area contributed by atoms with Crippen molar-refractivity contribution in [2.24, 2.45) is 5.84 Å². The van der Waals surface area contributed by atoms with Crippen LogP contribution in [0.2, 0.25) is 0 Å². The highest BCUT2D eigenvalue weighted by molar-refractivity contribution is 5.91. The molecule has 0 bridgehead atoms. The molecule has 0 aliphatic rings. The molecule has 0 unspecified atom stereocenters. The number of nitrogens with zero attached hydrogens (tertiary/aromatic N) is 5. The Bertz CT molecular complexity index is 494. The fourth-order valence-corrected chi connectivity index (χ4v) is 1.25. The summed E-state index contributed by atoms with van der Waals surface area (Å²) in [4.78, 5) is 19.5. The first-order valence-corrected chi connectivity index (χ1v) is 5.20. The molecule has 2 aromatic heterocycles. The molecular weight excluding hydrogens is 236 g/mol. The average Bonchev–Trinajstić information content (AvgIpc) is 2.92. The summed E-state index contributed by atoms with van der Waals surface area (Å²) in [6.45, 7) is 0.975. The van der Waals surface area contributed by atoms with Gasteiger partial charge in [-0.05, 0) is 0 Å². The van der Waals surface area contributed by atoms with Crippen molar-refractivity contribution in [3.8, 4) is 0 Å². The molecule has 0 aliphatic carbocycles. The van der Waals surface area contributed by atoms with E-state index < -0.39 is 0 Å². The van der Waals surface area contributed by atoms with Gasteiger partial charge in [0.15, 0.2) is 5.82 Å². The summed E-state index contributed by atoms with van der Waals surface area (Å²) in [5.74, 6) is 5.24. The van der Waals surface area contributed by atoms with Crippen molar-refractivity contribution in [3.05, 3.63) is 30.5 Å². The number of nitrogens with one attached hydrogen (secondary N) is 2. The van der Waals surface area contributed by atoms with Crippen LogP contribution in [0.25, 0.3) is 0 Å². The first-order chi connectivity index (χ1) is 8.79. The molecule has 18 heavy (non-hydrogen) atoms. The largest absolute Gasteiger partial charge is 0.349 e. The summed E-state index contributed by atoms with van der Waals surface area (Å²) >= 11 is 0. The zero-order valence-electron chi connectivity index (χ0n) is 9.45. The number of nitrogen functional groups attached to an aromatic ring is 1. The summed E-state index contributed by atoms with van der Waals surface area (Å²) in [5.41, 5.74) is 2.56. The van der Waals surface area contributed by atoms with E-state index in [1.54, 1.807) is 17.1 Å². The fraction of sp³-hybridized carbons (Fsp3) is 0.222. The van der Waals surface area contributed by atoms with Gasteiger partial charge in [0.05, 0.1) is 25.1 Å². The molecule has 2 aromatic rings. The summed E-state index contributed by atoms with van der Waals surface area (Å²) in [7, 11) is 0. The molecule has 9 heteroatoms. The van der Waals surface area contributed by atoms with Crippen molar-refractivity contribution < 1.29 is 4.79 Å². The van der Waals surface area contributed by atoms with Gasteiger partial charge in [-0.1, -0.05) is 5.21 Å². The molecule has 4 N–H and O–H groups in total. The lowest BCUT2D eigenvalue weighted by molar-refractivity contribution is 0.0946. The molecule has 0 saturated heterocycles. The average molecular weight is 248 g/mol. The molecule has 9 nitrogen and oxygen atoms in total. The van der Waals surface area contributed by atoms with Gasteiger partial charge in [-0.25, -0.2) is 15.8 Å². The number of amides is 1. The van der Waals surface area contributed by atoms with Crippen molar-refractivity contribution in [2.75, 3.05) is 12.0 Å². The minimum atomic E-state index is -0.300. The number of anilines is 1. The molecule has 0 fully saturated rings. The quantitative estimate of drug-likeness (QED) is 0.447. The van der Waals surface area contributed by atoms with Crippen LogP contribution in [0, 0.1) is 0 Å². The molecule has 0 aromatic carbocycles. The zero-order valence-corrected chi connectivity index (χ0v) is 9.45. The van der Waals surface area contributed by atoms with E-state index in [4.69, 9.17) is 5.84 Å². The van der Waals surface area contributed by atoms with Crippen LogP contribution in [0.5, 0.6) is 0 Å². The van der Waals surface area contributed by atoms with E-state index in [1.165, 1.54) is 12.4 Å². The molecule has 2 rings (SSSR count). The van der Waals surface area contributed by atoms with E-state index in [9.17, 15) is 4.79 Å². The van der Waals surface area contributed by atoms with Crippen LogP contribution in [0.3, 0.4) is 0 Å². The Kier molecular flexibility index (Phi) is 3.76. The number of carbonyl (C=O) groups is 1. The predicted molar refractivity (Wildman–Crippen MR) is 62.2 cm³/mol. The maximum absolute atomic E-state index is 11.7. The van der Waals surface area contributed by atoms with Gasteiger partial charge in [-0.2, -0.15) is 0 Å². The third-order valence-corrected chi connectivity index (χ3v) is 2.13. The van der Waals surface area contributed by atoms with Crippen LogP contribution in [0.15, 0.2) is 24.8 Å². The number of hydrogen-bond acceptors (Lipinski definition) is 7. The van der Waals surface area contributed by atoms with E-state index in [1.807, 2.05) is 0 Å². The van der Waals surface area contributed by atoms with Crippen LogP contribution < -0.4 is 16.6 Å². The summed E-state index contributed by atoms with van der Waals surface area (Å²) < 4.78 is 1.62. The van der Waals surface area contributed by atoms with Crippen molar-refractivity contribution in [1.82, 2.24) is 30.3 Å². The van der Waals surface area contributed by atoms with Gasteiger partial charge in [0.25, 0.3) is 5.91 Å². The first kappa shape index (κ1) is 11.9. The van der Waals surface area contributed by atoms with Crippen LogP contribution in [0.1, 0.15) is 10.5 Å². The Hall–Kier alpha value is -2.55. The molecule has 0 saturated carbocycles. The van der Waals surface area contributed by atoms with E-state index in [-0.39, 0.29) is 11.6 Å². The topological polar surface area (TPSA) is 124 Å². The Morgan fingerprint density at radius 3 is 2.89 bits per heavy atom. The number of rotatable bonds is 5. The van der Waals surface area contributed by atoms with Crippen LogP contribution in [-0.2, 0) is 6.54 Å². The monoisotopic (exact) mass is 248 g/mol. The van der Waals surface area contributed by atoms with Gasteiger partial charge in [0.1, 0.15) is 5.69 Å². The van der Waals surface area contributed by atoms with Crippen LogP contribution in [-0.4, -0.2) is 37.4 Å². The zero-order chi connectivity index (χ0) is 12.8. The maximum atomic E-state index is 11.7. The Morgan fingerprint density at radius 1 is 1.39 bits per heavy atom. The van der Waals surface area contributed by atoms with E-state index in [0.29, 0.717) is 18.9 Å². The molecule has 0 atom stereocenters. The second-order valence-electron chi connectivity index (χ2n) is 3.35. The van der Waals surface area contributed by atoms with Gasteiger partial charge in [0.2, 0.25) is 0 Å². The molecular formula is C9H12N8O. The minimum Gasteiger partial charge on any atom is -0.349 e.